The average Bonchev–Trinajstić information content (AvgIpc) is 2.76. The predicted octanol–water partition coefficient (Wildman–Crippen LogP) is 0.0199. The van der Waals surface area contributed by atoms with Crippen LogP contribution in [0.4, 0.5) is 0 Å². The van der Waals surface area contributed by atoms with Gasteiger partial charge >= 0.3 is 5.97 Å². The zero-order chi connectivity index (χ0) is 13.8. The van der Waals surface area contributed by atoms with Crippen LogP contribution in [-0.2, 0) is 19.6 Å². The maximum Gasteiger partial charge on any atom is 0.306 e. The van der Waals surface area contributed by atoms with Crippen molar-refractivity contribution in [2.24, 2.45) is 5.73 Å². The first-order chi connectivity index (χ1) is 8.38. The molecule has 0 aromatic rings. The fourth-order valence-corrected chi connectivity index (χ4v) is 3.91. The van der Waals surface area contributed by atoms with Gasteiger partial charge in [-0.2, -0.15) is 4.31 Å². The van der Waals surface area contributed by atoms with Gasteiger partial charge in [0.05, 0.1) is 29.8 Å². The molecule has 0 aromatic carbocycles. The lowest BCUT2D eigenvalue weighted by molar-refractivity contribution is -0.142. The van der Waals surface area contributed by atoms with Gasteiger partial charge in [-0.3, -0.25) is 4.79 Å². The third-order valence-electron chi connectivity index (χ3n) is 2.76. The average molecular weight is 294 g/mol. The largest absolute Gasteiger partial charge is 0.466 e. The first kappa shape index (κ1) is 15.3. The number of ether oxygens (including phenoxy) is 1. The molecule has 0 aromatic heterocycles. The number of hydrogen-bond donors (Lipinski definition) is 1. The Morgan fingerprint density at radius 2 is 2.22 bits per heavy atom. The molecule has 0 bridgehead atoms. The molecule has 1 fully saturated rings. The molecule has 1 atom stereocenters. The molecule has 1 saturated heterocycles. The highest BCUT2D eigenvalue weighted by Crippen LogP contribution is 2.22. The highest BCUT2D eigenvalue weighted by molar-refractivity contribution is 7.89. The lowest BCUT2D eigenvalue weighted by atomic mass is 10.2. The zero-order valence-corrected chi connectivity index (χ0v) is 11.9. The molecule has 6 nitrogen and oxygen atoms in total. The highest BCUT2D eigenvalue weighted by atomic mass is 32.2. The number of nitrogens with zero attached hydrogens (tertiary/aromatic N) is 1. The van der Waals surface area contributed by atoms with Crippen molar-refractivity contribution in [1.29, 1.82) is 0 Å². The number of sulfonamides is 1. The van der Waals surface area contributed by atoms with Crippen molar-refractivity contribution in [3.63, 3.8) is 0 Å². The van der Waals surface area contributed by atoms with E-state index in [1.54, 1.807) is 6.92 Å². The molecule has 104 valence electrons. The number of esters is 1. The van der Waals surface area contributed by atoms with Gasteiger partial charge in [-0.05, 0) is 19.8 Å². The standard InChI is InChI=1S/C10H18N2O4S2/c1-2-16-9(13)5-7-18(14,15)12-6-3-4-8(12)10(11)17/h8H,2-7H2,1H3,(H2,11,17). The van der Waals surface area contributed by atoms with Crippen molar-refractivity contribution in [3.8, 4) is 0 Å². The van der Waals surface area contributed by atoms with Crippen LogP contribution in [0.1, 0.15) is 26.2 Å². The quantitative estimate of drug-likeness (QED) is 0.549. The highest BCUT2D eigenvalue weighted by Gasteiger charge is 2.35. The molecule has 0 amide bonds. The minimum Gasteiger partial charge on any atom is -0.466 e. The second-order valence-corrected chi connectivity index (χ2v) is 6.55. The minimum atomic E-state index is -3.50. The fourth-order valence-electron chi connectivity index (χ4n) is 1.92. The summed E-state index contributed by atoms with van der Waals surface area (Å²) in [5.41, 5.74) is 5.52. The van der Waals surface area contributed by atoms with E-state index in [-0.39, 0.29) is 23.8 Å². The summed E-state index contributed by atoms with van der Waals surface area (Å²) in [5, 5.41) is 0. The summed E-state index contributed by atoms with van der Waals surface area (Å²) in [7, 11) is -3.50. The molecule has 1 unspecified atom stereocenters. The van der Waals surface area contributed by atoms with Crippen LogP contribution in [0.2, 0.25) is 0 Å². The van der Waals surface area contributed by atoms with Gasteiger partial charge in [0, 0.05) is 6.54 Å². The lowest BCUT2D eigenvalue weighted by Gasteiger charge is -2.22. The summed E-state index contributed by atoms with van der Waals surface area (Å²) in [6, 6.07) is -0.410. The van der Waals surface area contributed by atoms with Gasteiger partial charge in [0.2, 0.25) is 10.0 Å². The second-order valence-electron chi connectivity index (χ2n) is 4.04. The lowest BCUT2D eigenvalue weighted by Crippen LogP contribution is -2.44. The molecule has 0 aliphatic carbocycles. The maximum absolute atomic E-state index is 12.1. The normalized spacial score (nSPS) is 20.8. The van der Waals surface area contributed by atoms with Crippen molar-refractivity contribution >= 4 is 33.2 Å². The Morgan fingerprint density at radius 3 is 2.78 bits per heavy atom. The fraction of sp³-hybridized carbons (Fsp3) is 0.800. The minimum absolute atomic E-state index is 0.142. The van der Waals surface area contributed by atoms with Crippen LogP contribution in [0, 0.1) is 0 Å². The van der Waals surface area contributed by atoms with Crippen molar-refractivity contribution < 1.29 is 17.9 Å². The molecule has 1 rings (SSSR count). The van der Waals surface area contributed by atoms with Gasteiger partial charge in [0.25, 0.3) is 0 Å². The van der Waals surface area contributed by atoms with Crippen LogP contribution in [-0.4, -0.2) is 48.6 Å². The number of nitrogens with two attached hydrogens (primary N) is 1. The maximum atomic E-state index is 12.1. The van der Waals surface area contributed by atoms with Crippen LogP contribution >= 0.6 is 12.2 Å². The van der Waals surface area contributed by atoms with E-state index in [9.17, 15) is 13.2 Å². The molecule has 2 N–H and O–H groups in total. The van der Waals surface area contributed by atoms with E-state index in [0.717, 1.165) is 6.42 Å². The summed E-state index contributed by atoms with van der Waals surface area (Å²) in [4.78, 5) is 11.4. The summed E-state index contributed by atoms with van der Waals surface area (Å²) in [5.74, 6) is -0.766. The Labute approximate surface area is 113 Å². The van der Waals surface area contributed by atoms with E-state index in [2.05, 4.69) is 0 Å². The van der Waals surface area contributed by atoms with Crippen molar-refractivity contribution in [2.75, 3.05) is 18.9 Å². The van der Waals surface area contributed by atoms with E-state index in [1.807, 2.05) is 0 Å². The monoisotopic (exact) mass is 294 g/mol. The van der Waals surface area contributed by atoms with E-state index in [4.69, 9.17) is 22.7 Å². The molecule has 0 radical (unpaired) electrons. The third kappa shape index (κ3) is 3.89. The Kier molecular flexibility index (Phi) is 5.48. The Balaban J connectivity index is 2.63. The van der Waals surface area contributed by atoms with Crippen molar-refractivity contribution in [1.82, 2.24) is 4.31 Å². The molecule has 8 heteroatoms. The summed E-state index contributed by atoms with van der Waals surface area (Å²) in [6.45, 7) is 2.33. The number of carbonyl (C=O) groups is 1. The molecule has 1 aliphatic heterocycles. The molecular formula is C10H18N2O4S2. The SMILES string of the molecule is CCOC(=O)CCS(=O)(=O)N1CCCC1C(N)=S. The van der Waals surface area contributed by atoms with E-state index >= 15 is 0 Å². The van der Waals surface area contributed by atoms with E-state index in [1.165, 1.54) is 4.31 Å². The third-order valence-corrected chi connectivity index (χ3v) is 4.90. The first-order valence-corrected chi connectivity index (χ1v) is 7.84. The van der Waals surface area contributed by atoms with E-state index in [0.29, 0.717) is 13.0 Å². The van der Waals surface area contributed by atoms with Gasteiger partial charge < -0.3 is 10.5 Å². The Hall–Kier alpha value is -0.730. The van der Waals surface area contributed by atoms with Gasteiger partial charge in [-0.1, -0.05) is 12.2 Å². The van der Waals surface area contributed by atoms with Crippen molar-refractivity contribution in [2.45, 2.75) is 32.2 Å². The predicted molar refractivity (Wildman–Crippen MR) is 71.6 cm³/mol. The molecule has 1 aliphatic rings. The van der Waals surface area contributed by atoms with Gasteiger partial charge in [-0.25, -0.2) is 8.42 Å². The molecule has 0 saturated carbocycles. The van der Waals surface area contributed by atoms with E-state index < -0.39 is 22.0 Å². The Bertz CT molecular complexity index is 422. The first-order valence-electron chi connectivity index (χ1n) is 5.83. The van der Waals surface area contributed by atoms with Crippen LogP contribution < -0.4 is 5.73 Å². The number of carbonyl (C=O) groups excluding carboxylic acids is 1. The smallest absolute Gasteiger partial charge is 0.306 e. The van der Waals surface area contributed by atoms with Gasteiger partial charge in [0.15, 0.2) is 0 Å². The zero-order valence-electron chi connectivity index (χ0n) is 10.3. The molecule has 18 heavy (non-hydrogen) atoms. The number of thiocarbonyl (C=S) groups is 1. The topological polar surface area (TPSA) is 89.7 Å². The molecule has 1 heterocycles. The molecule has 0 spiro atoms. The molecular weight excluding hydrogens is 276 g/mol. The number of rotatable bonds is 6. The van der Waals surface area contributed by atoms with Gasteiger partial charge in [-0.15, -0.1) is 0 Å². The van der Waals surface area contributed by atoms with Crippen LogP contribution in [0.5, 0.6) is 0 Å². The van der Waals surface area contributed by atoms with Crippen LogP contribution in [0.3, 0.4) is 0 Å². The number of hydrogen-bond acceptors (Lipinski definition) is 5. The Morgan fingerprint density at radius 1 is 1.56 bits per heavy atom. The van der Waals surface area contributed by atoms with Crippen LogP contribution in [0.25, 0.3) is 0 Å². The second kappa shape index (κ2) is 6.44. The van der Waals surface area contributed by atoms with Crippen molar-refractivity contribution in [3.05, 3.63) is 0 Å². The summed E-state index contributed by atoms with van der Waals surface area (Å²) >= 11 is 4.86. The van der Waals surface area contributed by atoms with Gasteiger partial charge in [0.1, 0.15) is 0 Å². The summed E-state index contributed by atoms with van der Waals surface area (Å²) in [6.07, 6.45) is 1.24. The summed E-state index contributed by atoms with van der Waals surface area (Å²) < 4.78 is 30.1. The van der Waals surface area contributed by atoms with Crippen LogP contribution in [0.15, 0.2) is 0 Å².